The summed E-state index contributed by atoms with van der Waals surface area (Å²) in [6.45, 7) is 0. The Balaban J connectivity index is 2.27. The minimum atomic E-state index is -0.953. The number of Topliss-reactive ketones (excluding diaryl/α,β-unsaturated/α-hetero) is 2. The third-order valence-corrected chi connectivity index (χ3v) is 6.05. The van der Waals surface area contributed by atoms with Crippen LogP contribution in [0.1, 0.15) is 12.8 Å². The lowest BCUT2D eigenvalue weighted by Gasteiger charge is -1.93. The van der Waals surface area contributed by atoms with Crippen LogP contribution >= 0.6 is 0 Å². The minimum absolute atomic E-state index is 0.0211. The van der Waals surface area contributed by atoms with Crippen LogP contribution in [0.3, 0.4) is 0 Å². The molecule has 0 N–H and O–H groups in total. The minimum Gasteiger partial charge on any atom is -0.294 e. The Labute approximate surface area is 108 Å². The molecule has 1 fully saturated rings. The van der Waals surface area contributed by atoms with Crippen molar-refractivity contribution in [2.45, 2.75) is 16.8 Å². The second-order valence-electron chi connectivity index (χ2n) is 3.61. The lowest BCUT2D eigenvalue weighted by Crippen LogP contribution is -3.66. The number of carbonyl (C=O) groups is 2. The standard InChI is InChI=1S/C11H9INO4/c14-9-5-6-10(15)11(9)12-7-3-1-2-4-8(7)13(16)17/h1-4,11H,5-6H2/q+1. The summed E-state index contributed by atoms with van der Waals surface area (Å²) in [6.07, 6.45) is 0.591. The number of para-hydroxylation sites is 1. The van der Waals surface area contributed by atoms with E-state index in [4.69, 9.17) is 0 Å². The maximum Gasteiger partial charge on any atom is 0.341 e. The highest BCUT2D eigenvalue weighted by molar-refractivity contribution is 6.10. The molecule has 0 aromatic heterocycles. The van der Waals surface area contributed by atoms with Crippen LogP contribution in [-0.2, 0) is 9.59 Å². The highest BCUT2D eigenvalue weighted by Crippen LogP contribution is 2.10. The van der Waals surface area contributed by atoms with Crippen LogP contribution in [0, 0.1) is 13.7 Å². The number of nitrogens with zero attached hydrogens (tertiary/aromatic N) is 1. The van der Waals surface area contributed by atoms with Gasteiger partial charge in [-0.3, -0.25) is 19.7 Å². The van der Waals surface area contributed by atoms with Crippen molar-refractivity contribution < 1.29 is 35.7 Å². The van der Waals surface area contributed by atoms with E-state index in [9.17, 15) is 19.7 Å². The van der Waals surface area contributed by atoms with Crippen LogP contribution in [0.5, 0.6) is 0 Å². The summed E-state index contributed by atoms with van der Waals surface area (Å²) in [5.74, 6) is -0.109. The van der Waals surface area contributed by atoms with Crippen LogP contribution < -0.4 is 21.2 Å². The third-order valence-electron chi connectivity index (χ3n) is 2.46. The normalized spacial score (nSPS) is 16.5. The van der Waals surface area contributed by atoms with Gasteiger partial charge in [0.1, 0.15) is 0 Å². The molecule has 1 saturated carbocycles. The fraction of sp³-hybridized carbons (Fsp3) is 0.273. The molecule has 6 heteroatoms. The molecule has 0 unspecified atom stereocenters. The van der Waals surface area contributed by atoms with Crippen molar-refractivity contribution in [3.63, 3.8) is 0 Å². The van der Waals surface area contributed by atoms with Crippen LogP contribution in [-0.4, -0.2) is 20.4 Å². The number of hydrogen-bond donors (Lipinski definition) is 0. The molecule has 88 valence electrons. The average Bonchev–Trinajstić information content (AvgIpc) is 2.61. The van der Waals surface area contributed by atoms with Gasteiger partial charge in [0.15, 0.2) is 11.6 Å². The van der Waals surface area contributed by atoms with Gasteiger partial charge < -0.3 is 0 Å². The van der Waals surface area contributed by atoms with E-state index in [1.54, 1.807) is 18.2 Å². The van der Waals surface area contributed by atoms with Crippen LogP contribution in [0.2, 0.25) is 0 Å². The van der Waals surface area contributed by atoms with E-state index in [2.05, 4.69) is 0 Å². The molecule has 0 atom stereocenters. The zero-order valence-corrected chi connectivity index (χ0v) is 10.9. The highest BCUT2D eigenvalue weighted by atomic mass is 127. The lowest BCUT2D eigenvalue weighted by molar-refractivity contribution is -0.641. The topological polar surface area (TPSA) is 77.3 Å². The van der Waals surface area contributed by atoms with E-state index in [1.807, 2.05) is 0 Å². The number of benzene rings is 1. The first-order valence-electron chi connectivity index (χ1n) is 5.02. The van der Waals surface area contributed by atoms with Crippen molar-refractivity contribution in [3.8, 4) is 0 Å². The Hall–Kier alpha value is -1.31. The molecule has 0 amide bonds. The average molecular weight is 346 g/mol. The van der Waals surface area contributed by atoms with Crippen molar-refractivity contribution in [1.82, 2.24) is 0 Å². The van der Waals surface area contributed by atoms with Gasteiger partial charge in [0.05, 0.1) is 4.92 Å². The van der Waals surface area contributed by atoms with E-state index in [0.717, 1.165) is 0 Å². The van der Waals surface area contributed by atoms with E-state index in [0.29, 0.717) is 16.4 Å². The van der Waals surface area contributed by atoms with Gasteiger partial charge in [0, 0.05) is 18.9 Å². The zero-order chi connectivity index (χ0) is 12.4. The first-order valence-corrected chi connectivity index (χ1v) is 7.34. The summed E-state index contributed by atoms with van der Waals surface area (Å²) >= 11 is -0.953. The monoisotopic (exact) mass is 346 g/mol. The Morgan fingerprint density at radius 2 is 1.76 bits per heavy atom. The number of alkyl halides is 1. The Morgan fingerprint density at radius 3 is 2.35 bits per heavy atom. The number of ketones is 2. The second-order valence-corrected chi connectivity index (χ2v) is 6.64. The number of nitro groups is 1. The first-order chi connectivity index (χ1) is 8.09. The molecule has 2 rings (SSSR count). The van der Waals surface area contributed by atoms with Crippen LogP contribution in [0.25, 0.3) is 0 Å². The van der Waals surface area contributed by atoms with Gasteiger partial charge in [-0.1, -0.05) is 12.1 Å². The number of halogens is 1. The van der Waals surface area contributed by atoms with Crippen LogP contribution in [0.15, 0.2) is 24.3 Å². The molecule has 0 bridgehead atoms. The molecule has 1 aromatic carbocycles. The molecule has 17 heavy (non-hydrogen) atoms. The molecule has 1 aliphatic rings. The maximum atomic E-state index is 11.5. The molecular weight excluding hydrogens is 337 g/mol. The van der Waals surface area contributed by atoms with Crippen LogP contribution in [0.4, 0.5) is 5.69 Å². The molecule has 1 aliphatic carbocycles. The lowest BCUT2D eigenvalue weighted by atomic mass is 10.3. The smallest absolute Gasteiger partial charge is 0.294 e. The largest absolute Gasteiger partial charge is 0.341 e. The zero-order valence-electron chi connectivity index (χ0n) is 8.76. The molecule has 0 aliphatic heterocycles. The van der Waals surface area contributed by atoms with Crippen molar-refractivity contribution in [3.05, 3.63) is 37.9 Å². The first kappa shape index (κ1) is 12.2. The maximum absolute atomic E-state index is 11.5. The molecule has 0 saturated heterocycles. The van der Waals surface area contributed by atoms with Crippen molar-refractivity contribution in [2.75, 3.05) is 0 Å². The number of nitro benzene ring substituents is 1. The summed E-state index contributed by atoms with van der Waals surface area (Å²) in [4.78, 5) is 33.4. The predicted molar refractivity (Wildman–Crippen MR) is 54.8 cm³/mol. The summed E-state index contributed by atoms with van der Waals surface area (Å²) < 4.78 is -0.0141. The molecule has 5 nitrogen and oxygen atoms in total. The summed E-state index contributed by atoms with van der Waals surface area (Å²) in [5, 5.41) is 10.8. The van der Waals surface area contributed by atoms with Crippen molar-refractivity contribution in [1.29, 1.82) is 0 Å². The van der Waals surface area contributed by atoms with E-state index in [1.165, 1.54) is 6.07 Å². The summed E-state index contributed by atoms with van der Waals surface area (Å²) in [6, 6.07) is 6.35. The van der Waals surface area contributed by atoms with Gasteiger partial charge in [0.25, 0.3) is 7.49 Å². The van der Waals surface area contributed by atoms with Gasteiger partial charge in [-0.2, -0.15) is 0 Å². The Bertz CT molecular complexity index is 484. The summed E-state index contributed by atoms with van der Waals surface area (Å²) in [7, 11) is 0. The number of carbonyl (C=O) groups excluding carboxylic acids is 2. The van der Waals surface area contributed by atoms with E-state index in [-0.39, 0.29) is 17.3 Å². The van der Waals surface area contributed by atoms with E-state index < -0.39 is 30.1 Å². The molecule has 0 spiro atoms. The van der Waals surface area contributed by atoms with Gasteiger partial charge in [-0.05, 0) is 6.07 Å². The molecule has 0 radical (unpaired) electrons. The van der Waals surface area contributed by atoms with Gasteiger partial charge >= 0.3 is 26.9 Å². The van der Waals surface area contributed by atoms with Gasteiger partial charge in [0.2, 0.25) is 0 Å². The number of hydrogen-bond acceptors (Lipinski definition) is 4. The molecule has 1 aromatic rings. The highest BCUT2D eigenvalue weighted by Gasteiger charge is 2.46. The summed E-state index contributed by atoms with van der Waals surface area (Å²) in [5.41, 5.74) is 0.0211. The second kappa shape index (κ2) is 4.91. The third kappa shape index (κ3) is 2.51. The predicted octanol–water partition coefficient (Wildman–Crippen LogP) is -1.85. The molecule has 0 heterocycles. The quantitative estimate of drug-likeness (QED) is 0.212. The Kier molecular flexibility index (Phi) is 3.51. The van der Waals surface area contributed by atoms with Crippen molar-refractivity contribution >= 4 is 17.3 Å². The fourth-order valence-corrected chi connectivity index (χ4v) is 4.71. The SMILES string of the molecule is O=C1CCC(=O)C1[I+]c1ccccc1[N+](=O)[O-]. The van der Waals surface area contributed by atoms with Crippen molar-refractivity contribution in [2.24, 2.45) is 0 Å². The molecular formula is C11H9INO4+. The van der Waals surface area contributed by atoms with Gasteiger partial charge in [-0.15, -0.1) is 0 Å². The van der Waals surface area contributed by atoms with E-state index >= 15 is 0 Å². The number of rotatable bonds is 3. The van der Waals surface area contributed by atoms with Gasteiger partial charge in [-0.25, -0.2) is 0 Å². The fourth-order valence-electron chi connectivity index (χ4n) is 1.61. The Morgan fingerprint density at radius 1 is 1.18 bits per heavy atom.